The van der Waals surface area contributed by atoms with Gasteiger partial charge in [0.1, 0.15) is 0 Å². The standard InChI is InChI=1S/C51H30N4S/c1-3-13-31(14-4-1)49-52-50(32-15-5-2-6-16-32)54-51(53-49)43-27-37-21-11-12-22-39(37)48-47(43)42-30-38(23-24-46(42)56-48)55-44-28-35-19-9-7-17-33(35)25-40(44)41-26-34-18-8-10-20-36(34)29-45(41)55/h1-30H. The highest BCUT2D eigenvalue weighted by Crippen LogP contribution is 2.45. The van der Waals surface area contributed by atoms with Crippen LogP contribution < -0.4 is 0 Å². The first-order valence-corrected chi connectivity index (χ1v) is 19.7. The molecule has 0 saturated heterocycles. The van der Waals surface area contributed by atoms with Crippen LogP contribution in [0.3, 0.4) is 0 Å². The minimum atomic E-state index is 0.653. The van der Waals surface area contributed by atoms with Gasteiger partial charge in [-0.3, -0.25) is 0 Å². The third kappa shape index (κ3) is 4.81. The van der Waals surface area contributed by atoms with E-state index in [1.165, 1.54) is 63.5 Å². The predicted molar refractivity (Wildman–Crippen MR) is 236 cm³/mol. The van der Waals surface area contributed by atoms with E-state index >= 15 is 0 Å². The smallest absolute Gasteiger partial charge is 0.164 e. The van der Waals surface area contributed by atoms with E-state index in [9.17, 15) is 0 Å². The zero-order chi connectivity index (χ0) is 36.7. The van der Waals surface area contributed by atoms with E-state index < -0.39 is 0 Å². The second-order valence-corrected chi connectivity index (χ2v) is 15.5. The number of nitrogens with zero attached hydrogens (tertiary/aromatic N) is 4. The van der Waals surface area contributed by atoms with Crippen molar-refractivity contribution in [2.24, 2.45) is 0 Å². The molecule has 0 aliphatic carbocycles. The van der Waals surface area contributed by atoms with Gasteiger partial charge in [0.2, 0.25) is 0 Å². The van der Waals surface area contributed by atoms with Crippen LogP contribution in [0.2, 0.25) is 0 Å². The molecule has 0 aliphatic rings. The summed E-state index contributed by atoms with van der Waals surface area (Å²) in [7, 11) is 0. The molecule has 12 rings (SSSR count). The second-order valence-electron chi connectivity index (χ2n) is 14.4. The lowest BCUT2D eigenvalue weighted by molar-refractivity contribution is 1.08. The highest BCUT2D eigenvalue weighted by molar-refractivity contribution is 7.26. The molecule has 0 bridgehead atoms. The molecule has 0 atom stereocenters. The van der Waals surface area contributed by atoms with E-state index in [1.54, 1.807) is 0 Å². The van der Waals surface area contributed by atoms with Crippen LogP contribution in [0.4, 0.5) is 0 Å². The minimum absolute atomic E-state index is 0.653. The van der Waals surface area contributed by atoms with Gasteiger partial charge in [-0.25, -0.2) is 15.0 Å². The summed E-state index contributed by atoms with van der Waals surface area (Å²) in [5, 5.41) is 12.2. The van der Waals surface area contributed by atoms with E-state index in [-0.39, 0.29) is 0 Å². The van der Waals surface area contributed by atoms with Crippen molar-refractivity contribution in [3.05, 3.63) is 182 Å². The van der Waals surface area contributed by atoms with Crippen LogP contribution in [0.25, 0.3) is 114 Å². The first kappa shape index (κ1) is 31.2. The molecule has 3 aromatic heterocycles. The Kier molecular flexibility index (Phi) is 6.76. The monoisotopic (exact) mass is 730 g/mol. The maximum absolute atomic E-state index is 5.23. The molecular formula is C51H30N4S. The quantitative estimate of drug-likeness (QED) is 0.181. The molecule has 0 saturated carbocycles. The predicted octanol–water partition coefficient (Wildman–Crippen LogP) is 13.8. The van der Waals surface area contributed by atoms with Crippen molar-refractivity contribution in [2.75, 3.05) is 0 Å². The summed E-state index contributed by atoms with van der Waals surface area (Å²) in [6, 6.07) is 65.1. The molecular weight excluding hydrogens is 701 g/mol. The van der Waals surface area contributed by atoms with Gasteiger partial charge in [0.25, 0.3) is 0 Å². The van der Waals surface area contributed by atoms with E-state index in [2.05, 4.69) is 150 Å². The summed E-state index contributed by atoms with van der Waals surface area (Å²) in [5.41, 5.74) is 6.40. The van der Waals surface area contributed by atoms with E-state index in [4.69, 9.17) is 15.0 Å². The zero-order valence-corrected chi connectivity index (χ0v) is 30.8. The average molecular weight is 731 g/mol. The van der Waals surface area contributed by atoms with Crippen molar-refractivity contribution >= 4 is 85.6 Å². The van der Waals surface area contributed by atoms with Crippen LogP contribution in [0, 0.1) is 0 Å². The second kappa shape index (κ2) is 12.2. The summed E-state index contributed by atoms with van der Waals surface area (Å²) in [4.78, 5) is 15.5. The highest BCUT2D eigenvalue weighted by Gasteiger charge is 2.21. The van der Waals surface area contributed by atoms with E-state index in [0.717, 1.165) is 33.2 Å². The van der Waals surface area contributed by atoms with Gasteiger partial charge in [0, 0.05) is 53.3 Å². The molecule has 0 fully saturated rings. The maximum Gasteiger partial charge on any atom is 0.164 e. The van der Waals surface area contributed by atoms with E-state index in [1.807, 2.05) is 47.7 Å². The fraction of sp³-hybridized carbons (Fsp3) is 0. The lowest BCUT2D eigenvalue weighted by Crippen LogP contribution is -2.00. The Morgan fingerprint density at radius 2 is 0.875 bits per heavy atom. The van der Waals surface area contributed by atoms with Crippen molar-refractivity contribution in [3.8, 4) is 39.9 Å². The Morgan fingerprint density at radius 1 is 0.375 bits per heavy atom. The normalized spacial score (nSPS) is 11.9. The Hall–Kier alpha value is -7.21. The zero-order valence-electron chi connectivity index (χ0n) is 30.0. The van der Waals surface area contributed by atoms with Crippen LogP contribution >= 0.6 is 11.3 Å². The van der Waals surface area contributed by atoms with Crippen molar-refractivity contribution in [3.63, 3.8) is 0 Å². The Labute approximate surface area is 325 Å². The Bertz CT molecular complexity index is 3380. The molecule has 260 valence electrons. The van der Waals surface area contributed by atoms with Crippen molar-refractivity contribution in [1.82, 2.24) is 19.5 Å². The SMILES string of the molecule is c1ccc(-c2nc(-c3ccccc3)nc(-c3cc4ccccc4c4sc5ccc(-n6c7cc8ccccc8cc7c7cc8ccccc8cc76)cc5c34)n2)cc1. The van der Waals surface area contributed by atoms with Gasteiger partial charge in [-0.2, -0.15) is 0 Å². The van der Waals surface area contributed by atoms with Gasteiger partial charge in [0.15, 0.2) is 17.5 Å². The first-order chi connectivity index (χ1) is 27.7. The fourth-order valence-corrected chi connectivity index (χ4v) is 9.76. The number of aromatic nitrogens is 4. The molecule has 4 nitrogen and oxygen atoms in total. The molecule has 12 aromatic rings. The van der Waals surface area contributed by atoms with Crippen molar-refractivity contribution in [1.29, 1.82) is 0 Å². The maximum atomic E-state index is 5.23. The summed E-state index contributed by atoms with van der Waals surface area (Å²) < 4.78 is 4.91. The molecule has 3 heterocycles. The largest absolute Gasteiger partial charge is 0.309 e. The molecule has 0 N–H and O–H groups in total. The van der Waals surface area contributed by atoms with Gasteiger partial charge < -0.3 is 4.57 Å². The highest BCUT2D eigenvalue weighted by atomic mass is 32.1. The van der Waals surface area contributed by atoms with Gasteiger partial charge in [-0.1, -0.05) is 133 Å². The van der Waals surface area contributed by atoms with E-state index in [0.29, 0.717) is 17.5 Å². The van der Waals surface area contributed by atoms with Crippen LogP contribution in [-0.2, 0) is 0 Å². The molecule has 9 aromatic carbocycles. The van der Waals surface area contributed by atoms with Gasteiger partial charge >= 0.3 is 0 Å². The summed E-state index contributed by atoms with van der Waals surface area (Å²) in [6.45, 7) is 0. The molecule has 56 heavy (non-hydrogen) atoms. The van der Waals surface area contributed by atoms with Gasteiger partial charge in [0.05, 0.1) is 11.0 Å². The molecule has 0 aliphatic heterocycles. The summed E-state index contributed by atoms with van der Waals surface area (Å²) in [5.74, 6) is 1.97. The number of hydrogen-bond donors (Lipinski definition) is 0. The Balaban J connectivity index is 1.18. The average Bonchev–Trinajstić information content (AvgIpc) is 3.80. The molecule has 0 radical (unpaired) electrons. The van der Waals surface area contributed by atoms with Gasteiger partial charge in [-0.15, -0.1) is 11.3 Å². The van der Waals surface area contributed by atoms with Gasteiger partial charge in [-0.05, 0) is 80.8 Å². The van der Waals surface area contributed by atoms with Crippen molar-refractivity contribution < 1.29 is 0 Å². The number of benzene rings is 9. The number of fused-ring (bicyclic) bond motifs is 10. The minimum Gasteiger partial charge on any atom is -0.309 e. The van der Waals surface area contributed by atoms with Crippen LogP contribution in [0.15, 0.2) is 182 Å². The number of hydrogen-bond acceptors (Lipinski definition) is 4. The molecule has 0 unspecified atom stereocenters. The fourth-order valence-electron chi connectivity index (χ4n) is 8.51. The lowest BCUT2D eigenvalue weighted by Gasteiger charge is -2.12. The Morgan fingerprint density at radius 3 is 1.46 bits per heavy atom. The van der Waals surface area contributed by atoms with Crippen molar-refractivity contribution in [2.45, 2.75) is 0 Å². The summed E-state index contributed by atoms with van der Waals surface area (Å²) in [6.07, 6.45) is 0. The topological polar surface area (TPSA) is 43.6 Å². The summed E-state index contributed by atoms with van der Waals surface area (Å²) >= 11 is 1.84. The third-order valence-corrected chi connectivity index (χ3v) is 12.3. The lowest BCUT2D eigenvalue weighted by atomic mass is 9.99. The van der Waals surface area contributed by atoms with Crippen LogP contribution in [-0.4, -0.2) is 19.5 Å². The number of thiophene rings is 1. The first-order valence-electron chi connectivity index (χ1n) is 18.8. The number of rotatable bonds is 4. The molecule has 5 heteroatoms. The molecule has 0 spiro atoms. The van der Waals surface area contributed by atoms with Crippen LogP contribution in [0.5, 0.6) is 0 Å². The molecule has 0 amide bonds. The third-order valence-electron chi connectivity index (χ3n) is 11.1. The van der Waals surface area contributed by atoms with Crippen LogP contribution in [0.1, 0.15) is 0 Å².